The van der Waals surface area contributed by atoms with Crippen LogP contribution in [0.2, 0.25) is 10.0 Å². The summed E-state index contributed by atoms with van der Waals surface area (Å²) in [5.74, 6) is 0.0300. The van der Waals surface area contributed by atoms with E-state index < -0.39 is 0 Å². The first-order chi connectivity index (χ1) is 16.5. The Morgan fingerprint density at radius 2 is 1.82 bits per heavy atom. The van der Waals surface area contributed by atoms with E-state index in [0.717, 1.165) is 48.3 Å². The van der Waals surface area contributed by atoms with Crippen LogP contribution >= 0.6 is 23.2 Å². The first-order valence-corrected chi connectivity index (χ1v) is 12.1. The van der Waals surface area contributed by atoms with Gasteiger partial charge in [0, 0.05) is 34.3 Å². The molecule has 1 fully saturated rings. The van der Waals surface area contributed by atoms with Crippen LogP contribution in [-0.4, -0.2) is 41.4 Å². The van der Waals surface area contributed by atoms with Crippen molar-refractivity contribution in [2.24, 2.45) is 7.05 Å². The molecule has 2 unspecified atom stereocenters. The highest BCUT2D eigenvalue weighted by molar-refractivity contribution is 6.31. The van der Waals surface area contributed by atoms with Gasteiger partial charge in [0.2, 0.25) is 5.82 Å². The van der Waals surface area contributed by atoms with Gasteiger partial charge in [0.05, 0.1) is 23.1 Å². The number of carbonyl (C=O) groups excluding carboxylic acids is 1. The lowest BCUT2D eigenvalue weighted by molar-refractivity contribution is 0.0379. The topological polar surface area (TPSA) is 68.8 Å². The molecule has 0 saturated carbocycles. The van der Waals surface area contributed by atoms with E-state index in [4.69, 9.17) is 28.3 Å². The molecule has 1 amide bonds. The molecule has 2 atom stereocenters. The number of hydrogen-bond acceptors (Lipinski definition) is 4. The van der Waals surface area contributed by atoms with Crippen molar-refractivity contribution >= 4 is 29.1 Å². The van der Waals surface area contributed by atoms with E-state index in [0.29, 0.717) is 10.0 Å². The zero-order valence-electron chi connectivity index (χ0n) is 18.5. The highest BCUT2D eigenvalue weighted by atomic mass is 35.5. The van der Waals surface area contributed by atoms with E-state index in [1.807, 2.05) is 47.0 Å². The van der Waals surface area contributed by atoms with Gasteiger partial charge >= 0.3 is 0 Å². The second-order valence-corrected chi connectivity index (χ2v) is 9.73. The fraction of sp³-hybridized carbons (Fsp3) is 0.280. The molecule has 9 heteroatoms. The number of amides is 1. The zero-order chi connectivity index (χ0) is 23.4. The lowest BCUT2D eigenvalue weighted by Gasteiger charge is -2.44. The fourth-order valence-electron chi connectivity index (χ4n) is 5.37. The van der Waals surface area contributed by atoms with E-state index >= 15 is 0 Å². The molecule has 4 heterocycles. The minimum atomic E-state index is -0.156. The molecule has 34 heavy (non-hydrogen) atoms. The van der Waals surface area contributed by atoms with Crippen molar-refractivity contribution in [2.75, 3.05) is 0 Å². The van der Waals surface area contributed by atoms with Gasteiger partial charge in [-0.1, -0.05) is 41.4 Å². The first kappa shape index (κ1) is 21.4. The summed E-state index contributed by atoms with van der Waals surface area (Å²) in [7, 11) is 1.96. The predicted molar refractivity (Wildman–Crippen MR) is 130 cm³/mol. The van der Waals surface area contributed by atoms with E-state index in [2.05, 4.69) is 16.1 Å². The third-order valence-electron chi connectivity index (χ3n) is 6.76. The average molecular weight is 493 g/mol. The van der Waals surface area contributed by atoms with Gasteiger partial charge < -0.3 is 4.90 Å². The molecule has 0 aliphatic carbocycles. The minimum absolute atomic E-state index is 0.0824. The second kappa shape index (κ2) is 8.25. The van der Waals surface area contributed by atoms with Crippen molar-refractivity contribution in [3.05, 3.63) is 82.0 Å². The van der Waals surface area contributed by atoms with Crippen molar-refractivity contribution in [3.8, 4) is 16.9 Å². The van der Waals surface area contributed by atoms with Crippen LogP contribution in [-0.2, 0) is 13.5 Å². The monoisotopic (exact) mass is 492 g/mol. The van der Waals surface area contributed by atoms with Crippen molar-refractivity contribution < 1.29 is 4.79 Å². The summed E-state index contributed by atoms with van der Waals surface area (Å²) in [6.45, 7) is 0. The number of piperidine rings is 1. The Morgan fingerprint density at radius 1 is 1.03 bits per heavy atom. The molecular weight excluding hydrogens is 471 g/mol. The van der Waals surface area contributed by atoms with Gasteiger partial charge in [-0.25, -0.2) is 9.67 Å². The third-order valence-corrected chi connectivity index (χ3v) is 7.23. The first-order valence-electron chi connectivity index (χ1n) is 11.3. The maximum absolute atomic E-state index is 13.7. The smallest absolute Gasteiger partial charge is 0.294 e. The van der Waals surface area contributed by atoms with Crippen molar-refractivity contribution in [3.63, 3.8) is 0 Å². The molecule has 2 bridgehead atoms. The van der Waals surface area contributed by atoms with Gasteiger partial charge in [0.25, 0.3) is 5.91 Å². The molecule has 2 aromatic heterocycles. The fourth-order valence-corrected chi connectivity index (χ4v) is 5.74. The SMILES string of the molecule is Cn1nc2c(c1-c1cccc(Cl)c1)CC1CCCC2N1C(=O)c1ncn(-c2cccc(Cl)c2)n1. The number of aromatic nitrogens is 5. The molecule has 7 nitrogen and oxygen atoms in total. The van der Waals surface area contributed by atoms with Crippen LogP contribution in [0.15, 0.2) is 54.9 Å². The second-order valence-electron chi connectivity index (χ2n) is 8.86. The van der Waals surface area contributed by atoms with Crippen LogP contribution in [0, 0.1) is 0 Å². The van der Waals surface area contributed by atoms with Crippen molar-refractivity contribution in [1.82, 2.24) is 29.4 Å². The molecule has 0 N–H and O–H groups in total. The maximum atomic E-state index is 13.7. The molecule has 0 radical (unpaired) electrons. The quantitative estimate of drug-likeness (QED) is 0.390. The third kappa shape index (κ3) is 3.51. The summed E-state index contributed by atoms with van der Waals surface area (Å²) in [6, 6.07) is 15.2. The van der Waals surface area contributed by atoms with Gasteiger partial charge in [-0.3, -0.25) is 9.48 Å². The number of rotatable bonds is 3. The van der Waals surface area contributed by atoms with Crippen LogP contribution in [0.1, 0.15) is 47.2 Å². The molecule has 2 aromatic carbocycles. The van der Waals surface area contributed by atoms with E-state index in [9.17, 15) is 4.79 Å². The number of hydrogen-bond donors (Lipinski definition) is 0. The molecule has 0 spiro atoms. The number of fused-ring (bicyclic) bond motifs is 4. The van der Waals surface area contributed by atoms with Crippen molar-refractivity contribution in [2.45, 2.75) is 37.8 Å². The summed E-state index contributed by atoms with van der Waals surface area (Å²) in [6.07, 6.45) is 5.19. The summed E-state index contributed by atoms with van der Waals surface area (Å²) < 4.78 is 3.51. The van der Waals surface area contributed by atoms with Crippen LogP contribution in [0.5, 0.6) is 0 Å². The Balaban J connectivity index is 1.36. The lowest BCUT2D eigenvalue weighted by Crippen LogP contribution is -2.50. The molecule has 2 aliphatic heterocycles. The maximum Gasteiger partial charge on any atom is 0.294 e. The molecule has 1 saturated heterocycles. The summed E-state index contributed by atoms with van der Waals surface area (Å²) in [5.41, 5.74) is 5.06. The normalized spacial score (nSPS) is 19.2. The zero-order valence-corrected chi connectivity index (χ0v) is 20.0. The molecular formula is C25H22Cl2N6O. The highest BCUT2D eigenvalue weighted by Crippen LogP contribution is 2.45. The van der Waals surface area contributed by atoms with Gasteiger partial charge in [-0.2, -0.15) is 5.10 Å². The molecule has 2 aliphatic rings. The van der Waals surface area contributed by atoms with Crippen LogP contribution in [0.25, 0.3) is 16.9 Å². The predicted octanol–water partition coefficient (Wildman–Crippen LogP) is 5.27. The van der Waals surface area contributed by atoms with E-state index in [1.165, 1.54) is 5.56 Å². The summed E-state index contributed by atoms with van der Waals surface area (Å²) >= 11 is 12.4. The number of benzene rings is 2. The standard InChI is InChI=1S/C25H22Cl2N6O/c1-31-23(15-5-2-6-16(26)11-15)20-13-19-9-4-10-21(22(20)29-31)33(19)25(34)24-28-14-32(30-24)18-8-3-7-17(27)12-18/h2-3,5-8,11-12,14,19,21H,4,9-10,13H2,1H3. The van der Waals surface area contributed by atoms with Gasteiger partial charge in [-0.15, -0.1) is 5.10 Å². The average Bonchev–Trinajstić information content (AvgIpc) is 3.43. The van der Waals surface area contributed by atoms with Crippen molar-refractivity contribution in [1.29, 1.82) is 0 Å². The molecule has 172 valence electrons. The number of aryl methyl sites for hydroxylation is 1. The van der Waals surface area contributed by atoms with Gasteiger partial charge in [0.1, 0.15) is 6.33 Å². The van der Waals surface area contributed by atoms with Crippen LogP contribution in [0.3, 0.4) is 0 Å². The Labute approximate surface area is 206 Å². The van der Waals surface area contributed by atoms with Gasteiger partial charge in [0.15, 0.2) is 0 Å². The number of nitrogens with zero attached hydrogens (tertiary/aromatic N) is 6. The van der Waals surface area contributed by atoms with Crippen LogP contribution < -0.4 is 0 Å². The Morgan fingerprint density at radius 3 is 2.62 bits per heavy atom. The highest BCUT2D eigenvalue weighted by Gasteiger charge is 2.44. The molecule has 4 aromatic rings. The Bertz CT molecular complexity index is 1410. The summed E-state index contributed by atoms with van der Waals surface area (Å²) in [5, 5.41) is 10.7. The van der Waals surface area contributed by atoms with Crippen LogP contribution in [0.4, 0.5) is 0 Å². The summed E-state index contributed by atoms with van der Waals surface area (Å²) in [4.78, 5) is 19.9. The van der Waals surface area contributed by atoms with Gasteiger partial charge in [-0.05, 0) is 56.0 Å². The number of carbonyl (C=O) groups is 1. The molecule has 6 rings (SSSR count). The largest absolute Gasteiger partial charge is 0.324 e. The van der Waals surface area contributed by atoms with E-state index in [-0.39, 0.29) is 23.8 Å². The van der Waals surface area contributed by atoms with E-state index in [1.54, 1.807) is 23.1 Å². The Hall–Kier alpha value is -3.16. The number of halogens is 2. The minimum Gasteiger partial charge on any atom is -0.324 e. The lowest BCUT2D eigenvalue weighted by atomic mass is 9.81. The Kier molecular flexibility index (Phi) is 5.19.